The highest BCUT2D eigenvalue weighted by Crippen LogP contribution is 2.30. The molecule has 0 atom stereocenters. The Morgan fingerprint density at radius 2 is 2.05 bits per heavy atom. The summed E-state index contributed by atoms with van der Waals surface area (Å²) in [5.41, 5.74) is 0.251. The Morgan fingerprint density at radius 1 is 1.35 bits per heavy atom. The molecule has 0 saturated carbocycles. The minimum atomic E-state index is -3.71. The Labute approximate surface area is 132 Å². The van der Waals surface area contributed by atoms with Crippen LogP contribution in [0.3, 0.4) is 0 Å². The number of rotatable bonds is 5. The fraction of sp³-hybridized carbons (Fsp3) is 0.462. The molecule has 1 aliphatic rings. The van der Waals surface area contributed by atoms with Crippen LogP contribution in [0.4, 0.5) is 0 Å². The molecule has 110 valence electrons. The zero-order valence-electron chi connectivity index (χ0n) is 11.3. The van der Waals surface area contributed by atoms with Crippen molar-refractivity contribution in [1.29, 1.82) is 0 Å². The topological polar surface area (TPSA) is 63.7 Å². The van der Waals surface area contributed by atoms with Gasteiger partial charge < -0.3 is 4.74 Å². The average Bonchev–Trinajstić information content (AvgIpc) is 2.54. The molecule has 2 rings (SSSR count). The lowest BCUT2D eigenvalue weighted by Gasteiger charge is -2.15. The molecule has 1 heterocycles. The Balaban J connectivity index is 2.15. The number of carbonyl (C=O) groups is 1. The van der Waals surface area contributed by atoms with Crippen LogP contribution in [-0.2, 0) is 14.8 Å². The van der Waals surface area contributed by atoms with Crippen LogP contribution in [0.2, 0.25) is 0 Å². The summed E-state index contributed by atoms with van der Waals surface area (Å²) < 4.78 is 31.7. The normalized spacial score (nSPS) is 16.8. The van der Waals surface area contributed by atoms with Crippen molar-refractivity contribution in [1.82, 2.24) is 4.31 Å². The van der Waals surface area contributed by atoms with Crippen molar-refractivity contribution >= 4 is 38.5 Å². The molecule has 0 bridgehead atoms. The Morgan fingerprint density at radius 3 is 2.70 bits per heavy atom. The van der Waals surface area contributed by atoms with Gasteiger partial charge in [0.1, 0.15) is 4.90 Å². The van der Waals surface area contributed by atoms with E-state index in [9.17, 15) is 13.2 Å². The Kier molecular flexibility index (Phi) is 4.70. The van der Waals surface area contributed by atoms with Crippen LogP contribution in [0.25, 0.3) is 0 Å². The van der Waals surface area contributed by atoms with Crippen LogP contribution in [-0.4, -0.2) is 38.4 Å². The lowest BCUT2D eigenvalue weighted by molar-refractivity contribution is 0.0759. The minimum absolute atomic E-state index is 0.0547. The van der Waals surface area contributed by atoms with Gasteiger partial charge in [-0.1, -0.05) is 13.8 Å². The van der Waals surface area contributed by atoms with E-state index in [1.165, 1.54) is 6.07 Å². The van der Waals surface area contributed by atoms with Crippen molar-refractivity contribution in [2.75, 3.05) is 19.8 Å². The predicted molar refractivity (Wildman–Crippen MR) is 83.0 cm³/mol. The number of sulfonamides is 1. The molecule has 1 aliphatic heterocycles. The Hall–Kier alpha value is -0.670. The van der Waals surface area contributed by atoms with Gasteiger partial charge in [0, 0.05) is 10.2 Å². The predicted octanol–water partition coefficient (Wildman–Crippen LogP) is 2.11. The molecule has 0 spiro atoms. The number of ether oxygens (including phenoxy) is 1. The zero-order chi connectivity index (χ0) is 14.9. The number of nitrogens with zero attached hydrogens (tertiary/aromatic N) is 1. The van der Waals surface area contributed by atoms with E-state index in [1.807, 2.05) is 13.8 Å². The van der Waals surface area contributed by atoms with Crippen LogP contribution in [0.1, 0.15) is 24.2 Å². The number of carbonyl (C=O) groups excluding carboxylic acids is 1. The lowest BCUT2D eigenvalue weighted by Crippen LogP contribution is -2.33. The number of halogens is 1. The molecule has 0 aromatic heterocycles. The molecule has 0 radical (unpaired) electrons. The van der Waals surface area contributed by atoms with E-state index in [0.717, 1.165) is 7.88 Å². The van der Waals surface area contributed by atoms with Crippen LogP contribution < -0.4 is 0 Å². The number of benzene rings is 1. The van der Waals surface area contributed by atoms with Crippen LogP contribution in [0.5, 0.6) is 0 Å². The third-order valence-electron chi connectivity index (χ3n) is 2.86. The highest BCUT2D eigenvalue weighted by Gasteiger charge is 2.40. The smallest absolute Gasteiger partial charge is 0.269 e. The van der Waals surface area contributed by atoms with Crippen molar-refractivity contribution in [2.24, 2.45) is 5.92 Å². The van der Waals surface area contributed by atoms with E-state index in [4.69, 9.17) is 4.74 Å². The van der Waals surface area contributed by atoms with E-state index in [-0.39, 0.29) is 23.6 Å². The third-order valence-corrected chi connectivity index (χ3v) is 5.37. The van der Waals surface area contributed by atoms with E-state index < -0.39 is 15.9 Å². The first-order valence-corrected chi connectivity index (χ1v) is 8.80. The SMILES string of the molecule is CC(C)COCCN1C(=O)c2cc(I)ccc2S1(=O)=O. The van der Waals surface area contributed by atoms with E-state index >= 15 is 0 Å². The Bertz CT molecular complexity index is 627. The molecule has 0 aliphatic carbocycles. The maximum Gasteiger partial charge on any atom is 0.269 e. The summed E-state index contributed by atoms with van der Waals surface area (Å²) in [6.07, 6.45) is 0. The average molecular weight is 409 g/mol. The largest absolute Gasteiger partial charge is 0.379 e. The number of fused-ring (bicyclic) bond motifs is 1. The number of amides is 1. The molecule has 1 aromatic carbocycles. The van der Waals surface area contributed by atoms with Crippen molar-refractivity contribution in [3.05, 3.63) is 27.3 Å². The number of hydrogen-bond acceptors (Lipinski definition) is 4. The first kappa shape index (κ1) is 15.7. The fourth-order valence-electron chi connectivity index (χ4n) is 1.94. The molecule has 5 nitrogen and oxygen atoms in total. The summed E-state index contributed by atoms with van der Waals surface area (Å²) in [5, 5.41) is 0. The van der Waals surface area contributed by atoms with Crippen molar-refractivity contribution in [3.63, 3.8) is 0 Å². The first-order valence-electron chi connectivity index (χ1n) is 6.28. The van der Waals surface area contributed by atoms with Gasteiger partial charge in [0.2, 0.25) is 0 Å². The van der Waals surface area contributed by atoms with Crippen LogP contribution >= 0.6 is 22.6 Å². The van der Waals surface area contributed by atoms with Gasteiger partial charge in [0.05, 0.1) is 18.7 Å². The molecule has 0 fully saturated rings. The van der Waals surface area contributed by atoms with E-state index in [1.54, 1.807) is 12.1 Å². The maximum atomic E-state index is 12.3. The van der Waals surface area contributed by atoms with E-state index in [0.29, 0.717) is 12.5 Å². The molecule has 0 saturated heterocycles. The quantitative estimate of drug-likeness (QED) is 0.552. The monoisotopic (exact) mass is 409 g/mol. The second-order valence-corrected chi connectivity index (χ2v) is 8.07. The summed E-state index contributed by atoms with van der Waals surface area (Å²) in [7, 11) is -3.71. The molecule has 1 aromatic rings. The molecule has 20 heavy (non-hydrogen) atoms. The second kappa shape index (κ2) is 5.98. The van der Waals surface area contributed by atoms with Gasteiger partial charge in [0.15, 0.2) is 0 Å². The van der Waals surface area contributed by atoms with Gasteiger partial charge in [0.25, 0.3) is 15.9 Å². The van der Waals surface area contributed by atoms with E-state index in [2.05, 4.69) is 22.6 Å². The summed E-state index contributed by atoms with van der Waals surface area (Å²) >= 11 is 2.05. The minimum Gasteiger partial charge on any atom is -0.379 e. The fourth-order valence-corrected chi connectivity index (χ4v) is 3.97. The second-order valence-electron chi connectivity index (χ2n) is 4.99. The van der Waals surface area contributed by atoms with Crippen molar-refractivity contribution in [2.45, 2.75) is 18.7 Å². The van der Waals surface area contributed by atoms with Crippen molar-refractivity contribution < 1.29 is 17.9 Å². The third kappa shape index (κ3) is 2.99. The number of hydrogen-bond donors (Lipinski definition) is 0. The van der Waals surface area contributed by atoms with Gasteiger partial charge >= 0.3 is 0 Å². The molecule has 0 N–H and O–H groups in total. The molecule has 0 unspecified atom stereocenters. The highest BCUT2D eigenvalue weighted by molar-refractivity contribution is 14.1. The lowest BCUT2D eigenvalue weighted by atomic mass is 10.2. The molecular weight excluding hydrogens is 393 g/mol. The van der Waals surface area contributed by atoms with Gasteiger partial charge in [-0.05, 0) is 46.7 Å². The van der Waals surface area contributed by atoms with Gasteiger partial charge in [-0.25, -0.2) is 12.7 Å². The molecular formula is C13H16INO4S. The maximum absolute atomic E-state index is 12.3. The van der Waals surface area contributed by atoms with Crippen molar-refractivity contribution in [3.8, 4) is 0 Å². The first-order chi connectivity index (χ1) is 9.34. The highest BCUT2D eigenvalue weighted by atomic mass is 127. The van der Waals surface area contributed by atoms with Gasteiger partial charge in [-0.15, -0.1) is 0 Å². The van der Waals surface area contributed by atoms with Gasteiger partial charge in [-0.2, -0.15) is 0 Å². The molecule has 1 amide bonds. The van der Waals surface area contributed by atoms with Crippen LogP contribution in [0, 0.1) is 9.49 Å². The standard InChI is InChI=1S/C13H16INO4S/c1-9(2)8-19-6-5-15-13(16)11-7-10(14)3-4-12(11)20(15,17)18/h3-4,7,9H,5-6,8H2,1-2H3. The van der Waals surface area contributed by atoms with Crippen LogP contribution in [0.15, 0.2) is 23.1 Å². The summed E-state index contributed by atoms with van der Waals surface area (Å²) in [5.74, 6) is -0.0914. The van der Waals surface area contributed by atoms with Gasteiger partial charge in [-0.3, -0.25) is 4.79 Å². The summed E-state index contributed by atoms with van der Waals surface area (Å²) in [6.45, 7) is 4.84. The summed E-state index contributed by atoms with van der Waals surface area (Å²) in [6, 6.07) is 4.77. The summed E-state index contributed by atoms with van der Waals surface area (Å²) in [4.78, 5) is 12.3. The zero-order valence-corrected chi connectivity index (χ0v) is 14.3. The molecule has 7 heteroatoms.